The van der Waals surface area contributed by atoms with Crippen LogP contribution >= 0.6 is 11.3 Å². The highest BCUT2D eigenvalue weighted by Gasteiger charge is 2.13. The summed E-state index contributed by atoms with van der Waals surface area (Å²) in [5, 5.41) is 11.2. The zero-order valence-electron chi connectivity index (χ0n) is 7.15. The van der Waals surface area contributed by atoms with E-state index in [-0.39, 0.29) is 11.3 Å². The monoisotopic (exact) mass is 208 g/mol. The molecule has 4 nitrogen and oxygen atoms in total. The number of thiophene rings is 1. The normalized spacial score (nSPS) is 10.6. The minimum absolute atomic E-state index is 0.0996. The fourth-order valence-electron chi connectivity index (χ4n) is 1.37. The lowest BCUT2D eigenvalue weighted by Crippen LogP contribution is -2.02. The number of rotatable bonds is 1. The molecule has 2 aromatic rings. The number of carbonyl (C=O) groups is 1. The van der Waals surface area contributed by atoms with E-state index < -0.39 is 5.97 Å². The fourth-order valence-corrected chi connectivity index (χ4v) is 2.23. The van der Waals surface area contributed by atoms with Crippen molar-refractivity contribution < 1.29 is 9.90 Å². The standard InChI is InChI=1S/C9H8N2O2S/c10-5-3-14-6-2-1-4(9(12)13)8(11)7(5)6/h1-3H,10-11H2,(H,12,13). The number of hydrogen-bond donors (Lipinski definition) is 3. The van der Waals surface area contributed by atoms with E-state index in [0.29, 0.717) is 11.1 Å². The summed E-state index contributed by atoms with van der Waals surface area (Å²) in [4.78, 5) is 10.8. The molecule has 0 amide bonds. The maximum atomic E-state index is 10.8. The Morgan fingerprint density at radius 1 is 1.36 bits per heavy atom. The van der Waals surface area contributed by atoms with E-state index in [1.165, 1.54) is 17.4 Å². The Morgan fingerprint density at radius 3 is 2.71 bits per heavy atom. The van der Waals surface area contributed by atoms with Crippen LogP contribution in [0.4, 0.5) is 11.4 Å². The summed E-state index contributed by atoms with van der Waals surface area (Å²) >= 11 is 1.45. The van der Waals surface area contributed by atoms with Crippen LogP contribution in [-0.4, -0.2) is 11.1 Å². The summed E-state index contributed by atoms with van der Waals surface area (Å²) in [6.45, 7) is 0. The van der Waals surface area contributed by atoms with Gasteiger partial charge >= 0.3 is 5.97 Å². The van der Waals surface area contributed by atoms with Crippen molar-refractivity contribution in [3.63, 3.8) is 0 Å². The second-order valence-corrected chi connectivity index (χ2v) is 3.81. The van der Waals surface area contributed by atoms with Crippen LogP contribution in [0.1, 0.15) is 10.4 Å². The molecule has 5 heteroatoms. The summed E-state index contributed by atoms with van der Waals surface area (Å²) in [5.41, 5.74) is 12.3. The van der Waals surface area contributed by atoms with Crippen LogP contribution in [0.25, 0.3) is 10.1 Å². The summed E-state index contributed by atoms with van der Waals surface area (Å²) in [5.74, 6) is -1.03. The van der Waals surface area contributed by atoms with Gasteiger partial charge < -0.3 is 16.6 Å². The van der Waals surface area contributed by atoms with Crippen molar-refractivity contribution in [2.75, 3.05) is 11.5 Å². The molecule has 0 fully saturated rings. The molecule has 0 aliphatic rings. The Hall–Kier alpha value is -1.75. The van der Waals surface area contributed by atoms with Gasteiger partial charge in [0.2, 0.25) is 0 Å². The topological polar surface area (TPSA) is 89.3 Å². The average Bonchev–Trinajstić information content (AvgIpc) is 2.48. The largest absolute Gasteiger partial charge is 0.478 e. The van der Waals surface area contributed by atoms with Crippen LogP contribution in [0.5, 0.6) is 0 Å². The molecule has 2 rings (SSSR count). The Balaban J connectivity index is 2.86. The van der Waals surface area contributed by atoms with E-state index in [9.17, 15) is 4.79 Å². The van der Waals surface area contributed by atoms with E-state index in [1.54, 1.807) is 11.4 Å². The van der Waals surface area contributed by atoms with Crippen molar-refractivity contribution in [1.29, 1.82) is 0 Å². The third-order valence-electron chi connectivity index (χ3n) is 2.04. The molecule has 0 saturated carbocycles. The fraction of sp³-hybridized carbons (Fsp3) is 0. The van der Waals surface area contributed by atoms with E-state index in [4.69, 9.17) is 16.6 Å². The van der Waals surface area contributed by atoms with Gasteiger partial charge in [0.15, 0.2) is 0 Å². The average molecular weight is 208 g/mol. The Kier molecular flexibility index (Phi) is 1.82. The Morgan fingerprint density at radius 2 is 2.07 bits per heavy atom. The quantitative estimate of drug-likeness (QED) is 0.623. The lowest BCUT2D eigenvalue weighted by Gasteiger charge is -2.02. The van der Waals surface area contributed by atoms with Crippen LogP contribution in [-0.2, 0) is 0 Å². The number of benzene rings is 1. The van der Waals surface area contributed by atoms with Crippen LogP contribution in [0.2, 0.25) is 0 Å². The van der Waals surface area contributed by atoms with Gasteiger partial charge in [-0.1, -0.05) is 0 Å². The van der Waals surface area contributed by atoms with Gasteiger partial charge in [-0.05, 0) is 12.1 Å². The molecule has 0 saturated heterocycles. The van der Waals surface area contributed by atoms with E-state index in [2.05, 4.69) is 0 Å². The molecule has 0 aliphatic carbocycles. The van der Waals surface area contributed by atoms with Crippen LogP contribution in [0, 0.1) is 0 Å². The molecule has 1 aromatic heterocycles. The van der Waals surface area contributed by atoms with Gasteiger partial charge in [0.25, 0.3) is 0 Å². The molecule has 0 aliphatic heterocycles. The van der Waals surface area contributed by atoms with E-state index >= 15 is 0 Å². The number of nitrogen functional groups attached to an aromatic ring is 2. The molecule has 5 N–H and O–H groups in total. The van der Waals surface area contributed by atoms with Crippen molar-refractivity contribution in [1.82, 2.24) is 0 Å². The molecule has 0 atom stereocenters. The third-order valence-corrected chi connectivity index (χ3v) is 3.01. The summed E-state index contributed by atoms with van der Waals surface area (Å²) in [6, 6.07) is 3.21. The van der Waals surface area contributed by atoms with Gasteiger partial charge in [0, 0.05) is 15.5 Å². The molecule has 0 bridgehead atoms. The van der Waals surface area contributed by atoms with Crippen molar-refractivity contribution in [2.24, 2.45) is 0 Å². The zero-order valence-corrected chi connectivity index (χ0v) is 7.97. The molecule has 0 radical (unpaired) electrons. The Labute approximate surface area is 83.8 Å². The smallest absolute Gasteiger partial charge is 0.337 e. The van der Waals surface area contributed by atoms with Crippen molar-refractivity contribution in [2.45, 2.75) is 0 Å². The third kappa shape index (κ3) is 1.10. The number of aromatic carboxylic acids is 1. The number of hydrogen-bond acceptors (Lipinski definition) is 4. The number of nitrogens with two attached hydrogens (primary N) is 2. The molecule has 14 heavy (non-hydrogen) atoms. The minimum atomic E-state index is -1.03. The molecule has 1 heterocycles. The van der Waals surface area contributed by atoms with Crippen LogP contribution in [0.3, 0.4) is 0 Å². The summed E-state index contributed by atoms with van der Waals surface area (Å²) in [7, 11) is 0. The van der Waals surface area contributed by atoms with Gasteiger partial charge in [-0.3, -0.25) is 0 Å². The highest BCUT2D eigenvalue weighted by atomic mass is 32.1. The number of fused-ring (bicyclic) bond motifs is 1. The first-order valence-electron chi connectivity index (χ1n) is 3.89. The first kappa shape index (κ1) is 8.83. The van der Waals surface area contributed by atoms with Gasteiger partial charge in [-0.2, -0.15) is 0 Å². The first-order chi connectivity index (χ1) is 6.61. The predicted octanol–water partition coefficient (Wildman–Crippen LogP) is 1.76. The van der Waals surface area contributed by atoms with Crippen molar-refractivity contribution in [3.05, 3.63) is 23.1 Å². The lowest BCUT2D eigenvalue weighted by atomic mass is 10.1. The molecule has 0 spiro atoms. The molecule has 1 aromatic carbocycles. The number of carboxylic acids is 1. The summed E-state index contributed by atoms with van der Waals surface area (Å²) < 4.78 is 0.907. The zero-order chi connectivity index (χ0) is 10.3. The molecular weight excluding hydrogens is 200 g/mol. The molecule has 72 valence electrons. The number of carboxylic acid groups (broad SMARTS) is 1. The van der Waals surface area contributed by atoms with Crippen LogP contribution in [0.15, 0.2) is 17.5 Å². The molecular formula is C9H8N2O2S. The highest BCUT2D eigenvalue weighted by Crippen LogP contribution is 2.34. The predicted molar refractivity (Wildman–Crippen MR) is 57.6 cm³/mol. The minimum Gasteiger partial charge on any atom is -0.478 e. The highest BCUT2D eigenvalue weighted by molar-refractivity contribution is 7.18. The SMILES string of the molecule is Nc1csc2ccc(C(=O)O)c(N)c12. The van der Waals surface area contributed by atoms with E-state index in [0.717, 1.165) is 4.70 Å². The van der Waals surface area contributed by atoms with Crippen molar-refractivity contribution in [3.8, 4) is 0 Å². The van der Waals surface area contributed by atoms with Gasteiger partial charge in [0.1, 0.15) is 0 Å². The van der Waals surface area contributed by atoms with Crippen LogP contribution < -0.4 is 11.5 Å². The second kappa shape index (κ2) is 2.88. The van der Waals surface area contributed by atoms with Gasteiger partial charge in [0.05, 0.1) is 16.9 Å². The maximum Gasteiger partial charge on any atom is 0.337 e. The summed E-state index contributed by atoms with van der Waals surface area (Å²) in [6.07, 6.45) is 0. The number of anilines is 2. The van der Waals surface area contributed by atoms with Crippen molar-refractivity contribution >= 4 is 38.8 Å². The van der Waals surface area contributed by atoms with Gasteiger partial charge in [-0.15, -0.1) is 11.3 Å². The lowest BCUT2D eigenvalue weighted by molar-refractivity contribution is 0.0698. The van der Waals surface area contributed by atoms with E-state index in [1.807, 2.05) is 0 Å². The molecule has 0 unspecified atom stereocenters. The Bertz CT molecular complexity index is 519. The van der Waals surface area contributed by atoms with Gasteiger partial charge in [-0.25, -0.2) is 4.79 Å². The maximum absolute atomic E-state index is 10.8. The second-order valence-electron chi connectivity index (χ2n) is 2.90. The first-order valence-corrected chi connectivity index (χ1v) is 4.77.